The van der Waals surface area contributed by atoms with E-state index in [1.54, 1.807) is 13.0 Å². The zero-order valence-corrected chi connectivity index (χ0v) is 8.18. The van der Waals surface area contributed by atoms with Crippen molar-refractivity contribution in [1.29, 1.82) is 0 Å². The molecule has 14 heavy (non-hydrogen) atoms. The first-order valence-corrected chi connectivity index (χ1v) is 4.28. The molecule has 1 rings (SSSR count). The number of anilines is 1. The molecule has 4 heteroatoms. The quantitative estimate of drug-likeness (QED) is 0.762. The lowest BCUT2D eigenvalue weighted by molar-refractivity contribution is 0.0816. The fraction of sp³-hybridized carbons (Fsp3) is 0.400. The van der Waals surface area contributed by atoms with Crippen LogP contribution in [0.4, 0.5) is 14.5 Å². The highest BCUT2D eigenvalue weighted by Gasteiger charge is 2.07. The van der Waals surface area contributed by atoms with Crippen molar-refractivity contribution in [2.45, 2.75) is 20.3 Å². The normalized spacial score (nSPS) is 10.6. The lowest BCUT2D eigenvalue weighted by Gasteiger charge is -2.10. The van der Waals surface area contributed by atoms with E-state index in [1.165, 1.54) is 0 Å². The first kappa shape index (κ1) is 10.8. The minimum Gasteiger partial charge on any atom is -0.487 e. The lowest BCUT2D eigenvalue weighted by atomic mass is 10.1. The first-order valence-electron chi connectivity index (χ1n) is 4.28. The predicted octanol–water partition coefficient (Wildman–Crippen LogP) is 2.53. The summed E-state index contributed by atoms with van der Waals surface area (Å²) < 4.78 is 28.7. The van der Waals surface area contributed by atoms with Crippen molar-refractivity contribution in [1.82, 2.24) is 0 Å². The number of alkyl halides is 2. The number of hydrogen-bond donors (Lipinski definition) is 1. The lowest BCUT2D eigenvalue weighted by Crippen LogP contribution is -2.08. The molecule has 0 aliphatic heterocycles. The van der Waals surface area contributed by atoms with Crippen LogP contribution in [0.1, 0.15) is 11.1 Å². The van der Waals surface area contributed by atoms with Crippen molar-refractivity contribution in [3.8, 4) is 5.75 Å². The van der Waals surface area contributed by atoms with Gasteiger partial charge in [0.25, 0.3) is 6.43 Å². The largest absolute Gasteiger partial charge is 0.487 e. The molecule has 0 bridgehead atoms. The summed E-state index contributed by atoms with van der Waals surface area (Å²) in [4.78, 5) is 0. The fourth-order valence-corrected chi connectivity index (χ4v) is 1.16. The van der Waals surface area contributed by atoms with Crippen LogP contribution in [0.3, 0.4) is 0 Å². The van der Waals surface area contributed by atoms with Gasteiger partial charge >= 0.3 is 0 Å². The Morgan fingerprint density at radius 3 is 2.50 bits per heavy atom. The van der Waals surface area contributed by atoms with Gasteiger partial charge in [0.1, 0.15) is 12.4 Å². The molecule has 0 saturated heterocycles. The molecule has 0 unspecified atom stereocenters. The number of ether oxygens (including phenoxy) is 1. The van der Waals surface area contributed by atoms with Crippen molar-refractivity contribution < 1.29 is 13.5 Å². The summed E-state index contributed by atoms with van der Waals surface area (Å²) in [5.41, 5.74) is 7.92. The maximum Gasteiger partial charge on any atom is 0.272 e. The van der Waals surface area contributed by atoms with Crippen LogP contribution in [0.25, 0.3) is 0 Å². The zero-order chi connectivity index (χ0) is 10.7. The van der Waals surface area contributed by atoms with Crippen LogP contribution >= 0.6 is 0 Å². The molecule has 0 fully saturated rings. The molecule has 0 aliphatic rings. The second-order valence-corrected chi connectivity index (χ2v) is 3.18. The molecule has 0 heterocycles. The molecule has 2 N–H and O–H groups in total. The summed E-state index contributed by atoms with van der Waals surface area (Å²) in [5.74, 6) is 0.424. The van der Waals surface area contributed by atoms with Crippen LogP contribution in [0.2, 0.25) is 0 Å². The number of benzene rings is 1. The van der Waals surface area contributed by atoms with E-state index >= 15 is 0 Å². The van der Waals surface area contributed by atoms with Gasteiger partial charge in [-0.15, -0.1) is 0 Å². The summed E-state index contributed by atoms with van der Waals surface area (Å²) in [6.45, 7) is 3.07. The third kappa shape index (κ3) is 2.58. The average Bonchev–Trinajstić information content (AvgIpc) is 2.09. The molecule has 0 radical (unpaired) electrons. The van der Waals surface area contributed by atoms with Crippen molar-refractivity contribution in [2.75, 3.05) is 12.3 Å². The third-order valence-corrected chi connectivity index (χ3v) is 1.93. The Kier molecular flexibility index (Phi) is 3.28. The van der Waals surface area contributed by atoms with Gasteiger partial charge in [-0.2, -0.15) is 0 Å². The predicted molar refractivity (Wildman–Crippen MR) is 51.8 cm³/mol. The SMILES string of the molecule is Cc1cc(C)c(OCC(F)F)cc1N. The van der Waals surface area contributed by atoms with Crippen LogP contribution in [0, 0.1) is 13.8 Å². The fourth-order valence-electron chi connectivity index (χ4n) is 1.16. The van der Waals surface area contributed by atoms with E-state index in [-0.39, 0.29) is 0 Å². The molecule has 1 aromatic rings. The van der Waals surface area contributed by atoms with Gasteiger partial charge in [-0.1, -0.05) is 6.07 Å². The number of hydrogen-bond acceptors (Lipinski definition) is 2. The van der Waals surface area contributed by atoms with Gasteiger partial charge in [0.15, 0.2) is 0 Å². The number of rotatable bonds is 3. The van der Waals surface area contributed by atoms with Gasteiger partial charge in [0.2, 0.25) is 0 Å². The molecule has 0 aromatic heterocycles. The Hall–Kier alpha value is -1.32. The van der Waals surface area contributed by atoms with Crippen LogP contribution in [-0.4, -0.2) is 13.0 Å². The average molecular weight is 201 g/mol. The van der Waals surface area contributed by atoms with Gasteiger partial charge in [-0.3, -0.25) is 0 Å². The molecule has 1 aromatic carbocycles. The van der Waals surface area contributed by atoms with Gasteiger partial charge in [-0.05, 0) is 25.0 Å². The molecule has 0 amide bonds. The first-order chi connectivity index (χ1) is 6.50. The highest BCUT2D eigenvalue weighted by molar-refractivity contribution is 5.54. The van der Waals surface area contributed by atoms with Gasteiger partial charge in [-0.25, -0.2) is 8.78 Å². The molecule has 0 spiro atoms. The van der Waals surface area contributed by atoms with Crippen LogP contribution in [0.5, 0.6) is 5.75 Å². The molecule has 78 valence electrons. The van der Waals surface area contributed by atoms with Crippen LogP contribution < -0.4 is 10.5 Å². The van der Waals surface area contributed by atoms with Crippen molar-refractivity contribution in [2.24, 2.45) is 0 Å². The van der Waals surface area contributed by atoms with Crippen molar-refractivity contribution >= 4 is 5.69 Å². The Morgan fingerprint density at radius 2 is 1.93 bits per heavy atom. The molecule has 0 atom stereocenters. The maximum absolute atomic E-state index is 11.9. The number of aryl methyl sites for hydroxylation is 2. The van der Waals surface area contributed by atoms with Crippen LogP contribution in [-0.2, 0) is 0 Å². The third-order valence-electron chi connectivity index (χ3n) is 1.93. The summed E-state index contributed by atoms with van der Waals surface area (Å²) in [5, 5.41) is 0. The van der Waals surface area contributed by atoms with Gasteiger partial charge in [0, 0.05) is 11.8 Å². The van der Waals surface area contributed by atoms with Crippen molar-refractivity contribution in [3.63, 3.8) is 0 Å². The van der Waals surface area contributed by atoms with Crippen molar-refractivity contribution in [3.05, 3.63) is 23.3 Å². The standard InChI is InChI=1S/C10H13F2NO/c1-6-3-7(2)9(4-8(6)13)14-5-10(11)12/h3-4,10H,5,13H2,1-2H3. The highest BCUT2D eigenvalue weighted by atomic mass is 19.3. The maximum atomic E-state index is 11.9. The van der Waals surface area contributed by atoms with E-state index in [9.17, 15) is 8.78 Å². The van der Waals surface area contributed by atoms with E-state index in [4.69, 9.17) is 10.5 Å². The summed E-state index contributed by atoms with van der Waals surface area (Å²) in [6, 6.07) is 3.39. The van der Waals surface area contributed by atoms with Gasteiger partial charge < -0.3 is 10.5 Å². The topological polar surface area (TPSA) is 35.2 Å². The second kappa shape index (κ2) is 4.26. The molecular weight excluding hydrogens is 188 g/mol. The summed E-state index contributed by atoms with van der Waals surface area (Å²) in [7, 11) is 0. The number of halogens is 2. The molecule has 0 saturated carbocycles. The minimum atomic E-state index is -2.46. The van der Waals surface area contributed by atoms with E-state index < -0.39 is 13.0 Å². The Balaban J connectivity index is 2.82. The van der Waals surface area contributed by atoms with E-state index in [2.05, 4.69) is 0 Å². The Morgan fingerprint density at radius 1 is 1.29 bits per heavy atom. The molecule has 2 nitrogen and oxygen atoms in total. The number of nitrogens with two attached hydrogens (primary N) is 1. The van der Waals surface area contributed by atoms with Crippen LogP contribution in [0.15, 0.2) is 12.1 Å². The van der Waals surface area contributed by atoms with E-state index in [0.717, 1.165) is 11.1 Å². The smallest absolute Gasteiger partial charge is 0.272 e. The second-order valence-electron chi connectivity index (χ2n) is 3.18. The zero-order valence-electron chi connectivity index (χ0n) is 8.18. The van der Waals surface area contributed by atoms with E-state index in [1.807, 2.05) is 13.0 Å². The molecular formula is C10H13F2NO. The van der Waals surface area contributed by atoms with Gasteiger partial charge in [0.05, 0.1) is 0 Å². The summed E-state index contributed by atoms with van der Waals surface area (Å²) >= 11 is 0. The Labute approximate surface area is 81.7 Å². The highest BCUT2D eigenvalue weighted by Crippen LogP contribution is 2.24. The Bertz CT molecular complexity index is 326. The minimum absolute atomic E-state index is 0.424. The van der Waals surface area contributed by atoms with E-state index in [0.29, 0.717) is 11.4 Å². The summed E-state index contributed by atoms with van der Waals surface area (Å²) in [6.07, 6.45) is -2.46. The number of nitrogen functional groups attached to an aromatic ring is 1. The molecule has 0 aliphatic carbocycles. The monoisotopic (exact) mass is 201 g/mol.